The summed E-state index contributed by atoms with van der Waals surface area (Å²) in [6, 6.07) is 8.34. The Morgan fingerprint density at radius 2 is 2.03 bits per heavy atom. The highest BCUT2D eigenvalue weighted by atomic mass is 19.2. The number of aliphatic imine (C=N–C) groups is 1. The van der Waals surface area contributed by atoms with Crippen LogP contribution in [0, 0.1) is 29.9 Å². The number of anilines is 1. The normalized spacial score (nSPS) is 17.3. The molecule has 39 heavy (non-hydrogen) atoms. The molecule has 2 N–H and O–H groups in total. The summed E-state index contributed by atoms with van der Waals surface area (Å²) < 4.78 is 34.3. The van der Waals surface area contributed by atoms with Gasteiger partial charge in [-0.05, 0) is 61.6 Å². The Morgan fingerprint density at radius 3 is 2.74 bits per heavy atom. The third kappa shape index (κ3) is 5.87. The molecule has 0 saturated heterocycles. The number of ether oxygens (including phenoxy) is 1. The largest absolute Gasteiger partial charge is 0.494 e. The number of methoxy groups -OCH3 is 1. The zero-order valence-corrected chi connectivity index (χ0v) is 22.3. The lowest BCUT2D eigenvalue weighted by Crippen LogP contribution is -2.16. The van der Waals surface area contributed by atoms with Gasteiger partial charge in [-0.3, -0.25) is 9.79 Å². The van der Waals surface area contributed by atoms with Gasteiger partial charge < -0.3 is 15.5 Å². The fraction of sp³-hybridized carbons (Fsp3) is 0.219. The van der Waals surface area contributed by atoms with Gasteiger partial charge in [-0.25, -0.2) is 4.39 Å². The number of hydrogen-bond acceptors (Lipinski definition) is 5. The Labute approximate surface area is 227 Å². The minimum atomic E-state index is -1.05. The zero-order valence-electron chi connectivity index (χ0n) is 22.3. The molecular weight excluding hydrogens is 496 g/mol. The molecule has 0 unspecified atom stereocenters. The van der Waals surface area contributed by atoms with Crippen molar-refractivity contribution in [3.63, 3.8) is 0 Å². The number of allylic oxidation sites excluding steroid dienone is 7. The Hall–Kier alpha value is -4.39. The van der Waals surface area contributed by atoms with Crippen molar-refractivity contribution in [2.24, 2.45) is 10.9 Å². The number of hydrogen-bond donors (Lipinski definition) is 2. The molecule has 1 atom stereocenters. The molecule has 0 fully saturated rings. The van der Waals surface area contributed by atoms with Gasteiger partial charge in [0, 0.05) is 46.3 Å². The molecule has 2 aromatic rings. The van der Waals surface area contributed by atoms with Gasteiger partial charge in [0.15, 0.2) is 17.3 Å². The molecule has 0 spiro atoms. The molecule has 0 amide bonds. The van der Waals surface area contributed by atoms with Gasteiger partial charge in [-0.1, -0.05) is 37.3 Å². The first-order chi connectivity index (χ1) is 18.7. The second kappa shape index (κ2) is 12.0. The molecule has 200 valence electrons. The minimum absolute atomic E-state index is 0.0242. The summed E-state index contributed by atoms with van der Waals surface area (Å²) in [5.41, 5.74) is 5.05. The second-order valence-electron chi connectivity index (χ2n) is 9.53. The molecule has 1 aliphatic carbocycles. The quantitative estimate of drug-likeness (QED) is 0.188. The van der Waals surface area contributed by atoms with Crippen LogP contribution in [0.5, 0.6) is 5.75 Å². The van der Waals surface area contributed by atoms with Gasteiger partial charge in [0.25, 0.3) is 0 Å². The molecule has 0 bridgehead atoms. The number of fused-ring (bicyclic) bond motifs is 1. The summed E-state index contributed by atoms with van der Waals surface area (Å²) in [5.74, 6) is -2.32. The van der Waals surface area contributed by atoms with E-state index >= 15 is 0 Å². The van der Waals surface area contributed by atoms with Gasteiger partial charge in [-0.15, -0.1) is 6.58 Å². The van der Waals surface area contributed by atoms with E-state index in [1.807, 2.05) is 50.3 Å². The number of carbonyl (C=O) groups excluding carboxylic acids is 1. The monoisotopic (exact) mass is 527 g/mol. The van der Waals surface area contributed by atoms with Crippen molar-refractivity contribution in [3.8, 4) is 5.75 Å². The van der Waals surface area contributed by atoms with Crippen molar-refractivity contribution in [2.45, 2.75) is 33.1 Å². The smallest absolute Gasteiger partial charge is 0.201 e. The number of aryl methyl sites for hydroxylation is 1. The van der Waals surface area contributed by atoms with Crippen LogP contribution in [0.4, 0.5) is 14.5 Å². The maximum Gasteiger partial charge on any atom is 0.201 e. The molecule has 7 heteroatoms. The van der Waals surface area contributed by atoms with Crippen molar-refractivity contribution in [3.05, 3.63) is 113 Å². The number of nitrogens with zero attached hydrogens (tertiary/aromatic N) is 1. The third-order valence-electron chi connectivity index (χ3n) is 6.81. The molecule has 4 rings (SSSR count). The van der Waals surface area contributed by atoms with Crippen LogP contribution in [-0.4, -0.2) is 24.3 Å². The number of nitrogens with one attached hydrogen (secondary N) is 2. The van der Waals surface area contributed by atoms with E-state index in [2.05, 4.69) is 16.9 Å². The lowest BCUT2D eigenvalue weighted by atomic mass is 9.92. The number of halogens is 2. The molecular formula is C32H31F2N3O2. The van der Waals surface area contributed by atoms with Gasteiger partial charge in [0.1, 0.15) is 0 Å². The van der Waals surface area contributed by atoms with Gasteiger partial charge in [0.05, 0.1) is 18.5 Å². The average molecular weight is 528 g/mol. The van der Waals surface area contributed by atoms with Gasteiger partial charge in [0.2, 0.25) is 5.82 Å². The highest BCUT2D eigenvalue weighted by Crippen LogP contribution is 2.36. The van der Waals surface area contributed by atoms with Crippen LogP contribution in [0.3, 0.4) is 0 Å². The number of benzene rings is 2. The summed E-state index contributed by atoms with van der Waals surface area (Å²) in [4.78, 5) is 17.4. The first-order valence-corrected chi connectivity index (χ1v) is 12.7. The van der Waals surface area contributed by atoms with E-state index in [1.54, 1.807) is 12.1 Å². The van der Waals surface area contributed by atoms with Gasteiger partial charge in [-0.2, -0.15) is 4.39 Å². The summed E-state index contributed by atoms with van der Waals surface area (Å²) in [6.45, 7) is 7.49. The van der Waals surface area contributed by atoms with Crippen molar-refractivity contribution >= 4 is 28.5 Å². The Bertz CT molecular complexity index is 1490. The van der Waals surface area contributed by atoms with Crippen LogP contribution in [0.2, 0.25) is 0 Å². The molecule has 0 aromatic heterocycles. The van der Waals surface area contributed by atoms with Crippen LogP contribution >= 0.6 is 0 Å². The number of carbonyl (C=O) groups is 1. The molecule has 2 aliphatic rings. The van der Waals surface area contributed by atoms with E-state index < -0.39 is 11.6 Å². The highest BCUT2D eigenvalue weighted by Gasteiger charge is 2.27. The average Bonchev–Trinajstić information content (AvgIpc) is 3.30. The van der Waals surface area contributed by atoms with E-state index in [4.69, 9.17) is 10.1 Å². The predicted octanol–water partition coefficient (Wildman–Crippen LogP) is 7.76. The van der Waals surface area contributed by atoms with E-state index in [1.165, 1.54) is 25.4 Å². The molecule has 1 heterocycles. The summed E-state index contributed by atoms with van der Waals surface area (Å²) >= 11 is 0. The third-order valence-corrected chi connectivity index (χ3v) is 6.81. The molecule has 2 aromatic carbocycles. The van der Waals surface area contributed by atoms with E-state index in [0.717, 1.165) is 11.3 Å². The Kier molecular flexibility index (Phi) is 8.49. The standard InChI is InChI=1S/C32H31F2N3O2/c1-5-9-19(2)26(35)17-28(38)22-13-12-21(16-20(22)3)37-27-11-8-6-7-10-24-25(18-36-32(24)27)23-14-15-29(39-4)31(34)30(23)33/h5-7,10-16,18-19,35,37H,1,8-9,17H2,2-4H3/b7-6-,24-10?,27-11-,35-26?/t19-/m1/s1. The predicted molar refractivity (Wildman–Crippen MR) is 154 cm³/mol. The van der Waals surface area contributed by atoms with Crippen LogP contribution < -0.4 is 10.1 Å². The number of rotatable bonds is 10. The molecule has 0 radical (unpaired) electrons. The molecule has 0 saturated carbocycles. The summed E-state index contributed by atoms with van der Waals surface area (Å²) in [7, 11) is 1.29. The number of Topliss-reactive ketones (excluding diaryl/α,β-unsaturated/α-hetero) is 1. The van der Waals surface area contributed by atoms with Crippen LogP contribution in [0.25, 0.3) is 5.57 Å². The zero-order chi connectivity index (χ0) is 28.1. The lowest BCUT2D eigenvalue weighted by molar-refractivity contribution is 0.0998. The topological polar surface area (TPSA) is 74.5 Å². The van der Waals surface area contributed by atoms with E-state index in [-0.39, 0.29) is 29.4 Å². The fourth-order valence-corrected chi connectivity index (χ4v) is 4.57. The van der Waals surface area contributed by atoms with Crippen molar-refractivity contribution in [2.75, 3.05) is 12.4 Å². The minimum Gasteiger partial charge on any atom is -0.494 e. The fourth-order valence-electron chi connectivity index (χ4n) is 4.57. The van der Waals surface area contributed by atoms with Crippen LogP contribution in [0.15, 0.2) is 89.8 Å². The van der Waals surface area contributed by atoms with E-state index in [0.29, 0.717) is 46.7 Å². The SMILES string of the molecule is C=CC[C@@H](C)C(=N)CC(=O)c1ccc(N/C2=C\C/C=C\C=C3C(c4ccc(OC)c(F)c4F)=CN=C32)cc1C. The van der Waals surface area contributed by atoms with Gasteiger partial charge >= 0.3 is 0 Å². The first kappa shape index (κ1) is 27.6. The summed E-state index contributed by atoms with van der Waals surface area (Å²) in [5, 5.41) is 11.6. The van der Waals surface area contributed by atoms with E-state index in [9.17, 15) is 13.6 Å². The molecule has 5 nitrogen and oxygen atoms in total. The van der Waals surface area contributed by atoms with Crippen molar-refractivity contribution in [1.82, 2.24) is 0 Å². The lowest BCUT2D eigenvalue weighted by Gasteiger charge is -2.17. The highest BCUT2D eigenvalue weighted by molar-refractivity contribution is 6.25. The first-order valence-electron chi connectivity index (χ1n) is 12.7. The van der Waals surface area contributed by atoms with Crippen LogP contribution in [-0.2, 0) is 0 Å². The van der Waals surface area contributed by atoms with Crippen LogP contribution in [0.1, 0.15) is 47.7 Å². The van der Waals surface area contributed by atoms with Crippen molar-refractivity contribution in [1.29, 1.82) is 5.41 Å². The Balaban J connectivity index is 1.55. The number of ketones is 1. The second-order valence-corrected chi connectivity index (χ2v) is 9.53. The Morgan fingerprint density at radius 1 is 1.23 bits per heavy atom. The van der Waals surface area contributed by atoms with Crippen molar-refractivity contribution < 1.29 is 18.3 Å². The maximum absolute atomic E-state index is 14.9. The maximum atomic E-state index is 14.9. The summed E-state index contributed by atoms with van der Waals surface area (Å²) in [6.07, 6.45) is 12.3. The molecule has 1 aliphatic heterocycles.